The molecule has 0 spiro atoms. The molecule has 0 aromatic carbocycles. The molecule has 0 N–H and O–H groups in total. The summed E-state index contributed by atoms with van der Waals surface area (Å²) in [5, 5.41) is 0. The Morgan fingerprint density at radius 1 is 0.906 bits per heavy atom. The van der Waals surface area contributed by atoms with Crippen molar-refractivity contribution in [3.63, 3.8) is 0 Å². The number of esters is 1. The summed E-state index contributed by atoms with van der Waals surface area (Å²) in [5.74, 6) is 4.99. The summed E-state index contributed by atoms with van der Waals surface area (Å²) >= 11 is 0. The maximum absolute atomic E-state index is 12.6. The fourth-order valence-electron chi connectivity index (χ4n) is 9.69. The van der Waals surface area contributed by atoms with Gasteiger partial charge in [0.05, 0.1) is 0 Å². The minimum Gasteiger partial charge on any atom is -0.462 e. The number of hydrogen-bond acceptors (Lipinski definition) is 3. The largest absolute Gasteiger partial charge is 0.462 e. The molecule has 32 heavy (non-hydrogen) atoms. The highest BCUT2D eigenvalue weighted by molar-refractivity contribution is 5.78. The van der Waals surface area contributed by atoms with Gasteiger partial charge in [-0.2, -0.15) is 0 Å². The van der Waals surface area contributed by atoms with Crippen LogP contribution in [0.2, 0.25) is 0 Å². The fraction of sp³-hybridized carbons (Fsp3) is 0.931. The molecule has 4 fully saturated rings. The molecule has 9 atom stereocenters. The number of carbonyl (C=O) groups is 2. The van der Waals surface area contributed by atoms with Crippen molar-refractivity contribution < 1.29 is 14.3 Å². The van der Waals surface area contributed by atoms with Gasteiger partial charge in [-0.05, 0) is 105 Å². The van der Waals surface area contributed by atoms with Crippen molar-refractivity contribution in [2.45, 2.75) is 118 Å². The molecule has 182 valence electrons. The molecule has 0 saturated heterocycles. The van der Waals surface area contributed by atoms with Gasteiger partial charge in [-0.1, -0.05) is 34.6 Å². The van der Waals surface area contributed by atoms with Crippen LogP contribution in [0.5, 0.6) is 0 Å². The normalized spacial score (nSPS) is 44.3. The van der Waals surface area contributed by atoms with E-state index in [1.54, 1.807) is 6.92 Å². The minimum absolute atomic E-state index is 0.0968. The Labute approximate surface area is 196 Å². The summed E-state index contributed by atoms with van der Waals surface area (Å²) in [7, 11) is 0. The number of ether oxygens (including phenoxy) is 1. The maximum atomic E-state index is 12.6. The average molecular weight is 445 g/mol. The van der Waals surface area contributed by atoms with E-state index < -0.39 is 0 Å². The van der Waals surface area contributed by atoms with Crippen molar-refractivity contribution in [1.82, 2.24) is 0 Å². The number of Topliss-reactive ketones (excluding diaryl/α,β-unsaturated/α-hetero) is 1. The summed E-state index contributed by atoms with van der Waals surface area (Å²) in [6.45, 7) is 13.3. The molecule has 4 rings (SSSR count). The number of ketones is 1. The zero-order chi connectivity index (χ0) is 23.3. The quantitative estimate of drug-likeness (QED) is 0.406. The lowest BCUT2D eigenvalue weighted by Gasteiger charge is -2.62. The molecule has 3 nitrogen and oxygen atoms in total. The third-order valence-electron chi connectivity index (χ3n) is 10.9. The van der Waals surface area contributed by atoms with Crippen molar-refractivity contribution >= 4 is 11.8 Å². The summed E-state index contributed by atoms with van der Waals surface area (Å²) in [6, 6.07) is 0. The van der Waals surface area contributed by atoms with Gasteiger partial charge in [-0.3, -0.25) is 9.59 Å². The first-order chi connectivity index (χ1) is 15.1. The van der Waals surface area contributed by atoms with Crippen molar-refractivity contribution in [2.24, 2.45) is 52.3 Å². The van der Waals surface area contributed by atoms with Crippen LogP contribution in [0.4, 0.5) is 0 Å². The number of hydrogen-bond donors (Lipinski definition) is 0. The monoisotopic (exact) mass is 444 g/mol. The Morgan fingerprint density at radius 3 is 2.34 bits per heavy atom. The summed E-state index contributed by atoms with van der Waals surface area (Å²) in [4.78, 5) is 24.5. The number of fused-ring (bicyclic) bond motifs is 5. The van der Waals surface area contributed by atoms with Crippen LogP contribution in [-0.4, -0.2) is 17.9 Å². The fourth-order valence-corrected chi connectivity index (χ4v) is 9.69. The highest BCUT2D eigenvalue weighted by Gasteiger charge is 2.62. The Morgan fingerprint density at radius 2 is 1.66 bits per heavy atom. The second-order valence-electron chi connectivity index (χ2n) is 13.1. The summed E-state index contributed by atoms with van der Waals surface area (Å²) in [6.07, 6.45) is 13.1. The average Bonchev–Trinajstić information content (AvgIpc) is 3.05. The number of rotatable bonds is 6. The highest BCUT2D eigenvalue weighted by Crippen LogP contribution is 2.68. The second kappa shape index (κ2) is 9.06. The Bertz CT molecular complexity index is 713. The van der Waals surface area contributed by atoms with E-state index in [4.69, 9.17) is 4.74 Å². The van der Waals surface area contributed by atoms with E-state index in [1.807, 2.05) is 0 Å². The molecule has 0 aromatic heterocycles. The van der Waals surface area contributed by atoms with Gasteiger partial charge < -0.3 is 4.74 Å². The Hall–Kier alpha value is -0.860. The van der Waals surface area contributed by atoms with Gasteiger partial charge in [-0.25, -0.2) is 0 Å². The molecular weight excluding hydrogens is 396 g/mol. The molecule has 4 saturated carbocycles. The molecule has 3 heteroatoms. The molecule has 0 heterocycles. The van der Waals surface area contributed by atoms with Gasteiger partial charge in [-0.15, -0.1) is 0 Å². The Kier molecular flexibility index (Phi) is 6.87. The SMILES string of the molecule is CC(=O)OC1CCC[C@@H]2CC[C@@H]3[C@@H]4CC[C@@H]([C@@H](C)CC(=O)CC(C)C)[C@@]4(C)CC[C@@H]3[C@@]12C. The van der Waals surface area contributed by atoms with Gasteiger partial charge in [0.15, 0.2) is 0 Å². The third kappa shape index (κ3) is 4.09. The van der Waals surface area contributed by atoms with Crippen LogP contribution in [0.15, 0.2) is 0 Å². The van der Waals surface area contributed by atoms with Crippen molar-refractivity contribution in [2.75, 3.05) is 0 Å². The smallest absolute Gasteiger partial charge is 0.302 e. The van der Waals surface area contributed by atoms with E-state index in [1.165, 1.54) is 51.4 Å². The zero-order valence-electron chi connectivity index (χ0n) is 21.6. The first kappa shape index (κ1) is 24.3. The molecule has 0 aliphatic heterocycles. The van der Waals surface area contributed by atoms with Crippen LogP contribution in [0.25, 0.3) is 0 Å². The first-order valence-electron chi connectivity index (χ1n) is 13.8. The summed E-state index contributed by atoms with van der Waals surface area (Å²) in [5.41, 5.74) is 0.540. The van der Waals surface area contributed by atoms with Crippen LogP contribution in [0.1, 0.15) is 112 Å². The van der Waals surface area contributed by atoms with Crippen LogP contribution in [-0.2, 0) is 14.3 Å². The predicted octanol–water partition coefficient (Wildman–Crippen LogP) is 7.22. The zero-order valence-corrected chi connectivity index (χ0v) is 21.6. The van der Waals surface area contributed by atoms with Crippen LogP contribution in [0.3, 0.4) is 0 Å². The molecule has 4 aliphatic carbocycles. The van der Waals surface area contributed by atoms with E-state index in [9.17, 15) is 9.59 Å². The van der Waals surface area contributed by atoms with Gasteiger partial charge in [0.1, 0.15) is 11.9 Å². The molecule has 0 radical (unpaired) electrons. The van der Waals surface area contributed by atoms with E-state index in [-0.39, 0.29) is 17.5 Å². The molecule has 0 bridgehead atoms. The van der Waals surface area contributed by atoms with E-state index >= 15 is 0 Å². The lowest BCUT2D eigenvalue weighted by molar-refractivity contribution is -0.190. The Balaban J connectivity index is 1.52. The third-order valence-corrected chi connectivity index (χ3v) is 10.9. The van der Waals surface area contributed by atoms with Crippen LogP contribution < -0.4 is 0 Å². The van der Waals surface area contributed by atoms with Crippen LogP contribution in [0, 0.1) is 52.3 Å². The van der Waals surface area contributed by atoms with Gasteiger partial charge in [0.2, 0.25) is 0 Å². The van der Waals surface area contributed by atoms with Crippen molar-refractivity contribution in [1.29, 1.82) is 0 Å². The van der Waals surface area contributed by atoms with Gasteiger partial charge in [0.25, 0.3) is 0 Å². The molecule has 4 aliphatic rings. The lowest BCUT2D eigenvalue weighted by Crippen LogP contribution is -2.58. The molecule has 0 aromatic rings. The standard InChI is InChI=1S/C29H48O3/c1-18(2)16-22(31)17-19(3)24-12-13-25-23-11-10-21-8-7-9-27(32-20(4)30)29(21,6)26(23)14-15-28(24,25)5/h18-19,21,23-27H,7-17H2,1-6H3/t19-,21+,23+,24-,25-,26-,27?,28+,29-/m0/s1. The van der Waals surface area contributed by atoms with Crippen molar-refractivity contribution in [3.8, 4) is 0 Å². The maximum Gasteiger partial charge on any atom is 0.302 e. The molecular formula is C29H48O3. The van der Waals surface area contributed by atoms with E-state index in [0.717, 1.165) is 37.0 Å². The lowest BCUT2D eigenvalue weighted by atomic mass is 9.44. The molecule has 1 unspecified atom stereocenters. The van der Waals surface area contributed by atoms with Crippen LogP contribution >= 0.6 is 0 Å². The minimum atomic E-state index is -0.0968. The molecule has 0 amide bonds. The van der Waals surface area contributed by atoms with Gasteiger partial charge in [0, 0.05) is 25.2 Å². The van der Waals surface area contributed by atoms with Crippen molar-refractivity contribution in [3.05, 3.63) is 0 Å². The predicted molar refractivity (Wildman–Crippen MR) is 129 cm³/mol. The number of carbonyl (C=O) groups excluding carboxylic acids is 2. The first-order valence-corrected chi connectivity index (χ1v) is 13.8. The van der Waals surface area contributed by atoms with E-state index in [0.29, 0.717) is 34.9 Å². The van der Waals surface area contributed by atoms with Gasteiger partial charge >= 0.3 is 5.97 Å². The topological polar surface area (TPSA) is 43.4 Å². The second-order valence-corrected chi connectivity index (χ2v) is 13.1. The van der Waals surface area contributed by atoms with E-state index in [2.05, 4.69) is 34.6 Å². The highest BCUT2D eigenvalue weighted by atomic mass is 16.5. The summed E-state index contributed by atoms with van der Waals surface area (Å²) < 4.78 is 6.01.